The second-order valence-electron chi connectivity index (χ2n) is 5.44. The van der Waals surface area contributed by atoms with Crippen molar-refractivity contribution in [3.05, 3.63) is 10.1 Å². The van der Waals surface area contributed by atoms with Gasteiger partial charge >= 0.3 is 6.09 Å². The molecule has 8 heteroatoms. The molecular formula is C11H21N3O5. The van der Waals surface area contributed by atoms with Crippen molar-refractivity contribution >= 4 is 6.09 Å². The molecule has 1 amide bonds. The zero-order chi connectivity index (χ0) is 14.5. The molecule has 8 nitrogen and oxygen atoms in total. The van der Waals surface area contributed by atoms with E-state index in [0.29, 0.717) is 6.54 Å². The lowest BCUT2D eigenvalue weighted by atomic mass is 10.1. The zero-order valence-electron chi connectivity index (χ0n) is 11.5. The van der Waals surface area contributed by atoms with E-state index in [-0.39, 0.29) is 12.7 Å². The maximum atomic E-state index is 11.7. The Balaban J connectivity index is 2.34. The lowest BCUT2D eigenvalue weighted by Gasteiger charge is -2.31. The molecule has 1 aliphatic heterocycles. The van der Waals surface area contributed by atoms with Crippen LogP contribution in [0.2, 0.25) is 0 Å². The van der Waals surface area contributed by atoms with Crippen molar-refractivity contribution < 1.29 is 19.5 Å². The summed E-state index contributed by atoms with van der Waals surface area (Å²) in [5.41, 5.74) is -0.856. The van der Waals surface area contributed by atoms with Crippen LogP contribution in [0.3, 0.4) is 0 Å². The Bertz CT molecular complexity index is 334. The van der Waals surface area contributed by atoms with Gasteiger partial charge in [-0.05, 0) is 40.3 Å². The number of carbonyl (C=O) groups excluding carboxylic acids is 1. The summed E-state index contributed by atoms with van der Waals surface area (Å²) in [5, 5.41) is 11.8. The number of nitrogens with one attached hydrogen (secondary N) is 1. The van der Waals surface area contributed by atoms with Gasteiger partial charge in [-0.2, -0.15) is 0 Å². The largest absolute Gasteiger partial charge is 0.445 e. The number of amides is 1. The normalized spacial score (nSPS) is 20.7. The molecule has 0 saturated carbocycles. The summed E-state index contributed by atoms with van der Waals surface area (Å²) in [5.74, 6) is 0. The average molecular weight is 275 g/mol. The van der Waals surface area contributed by atoms with Crippen LogP contribution in [0.15, 0.2) is 0 Å². The van der Waals surface area contributed by atoms with Crippen molar-refractivity contribution in [2.24, 2.45) is 0 Å². The molecular weight excluding hydrogens is 254 g/mol. The maximum Gasteiger partial charge on any atom is 0.407 e. The summed E-state index contributed by atoms with van der Waals surface area (Å²) in [6, 6.07) is 0. The molecule has 0 radical (unpaired) electrons. The Kier molecular flexibility index (Phi) is 5.34. The Morgan fingerprint density at radius 2 is 2.26 bits per heavy atom. The van der Waals surface area contributed by atoms with Gasteiger partial charge in [-0.1, -0.05) is 0 Å². The van der Waals surface area contributed by atoms with E-state index in [4.69, 9.17) is 4.74 Å². The first kappa shape index (κ1) is 15.5. The molecule has 1 rings (SSSR count). The number of nitrogens with zero attached hydrogens (tertiary/aromatic N) is 2. The molecule has 0 aromatic carbocycles. The molecule has 1 saturated heterocycles. The Morgan fingerprint density at radius 3 is 2.84 bits per heavy atom. The van der Waals surface area contributed by atoms with Gasteiger partial charge in [0.2, 0.25) is 0 Å². The summed E-state index contributed by atoms with van der Waals surface area (Å²) in [6.45, 7) is 4.75. The number of likely N-dealkylation sites (N-methyl/N-ethyl adjacent to an activating group) is 1. The molecule has 1 unspecified atom stereocenters. The van der Waals surface area contributed by atoms with Crippen LogP contribution in [0, 0.1) is 10.1 Å². The molecule has 110 valence electrons. The molecule has 1 heterocycles. The summed E-state index contributed by atoms with van der Waals surface area (Å²) in [6.07, 6.45) is 1.12. The molecule has 1 aliphatic rings. The highest BCUT2D eigenvalue weighted by atomic mass is 16.9. The van der Waals surface area contributed by atoms with Crippen LogP contribution >= 0.6 is 0 Å². The van der Waals surface area contributed by atoms with Gasteiger partial charge in [0, 0.05) is 6.54 Å². The lowest BCUT2D eigenvalue weighted by Crippen LogP contribution is -2.49. The number of alkyl carbamates (subject to hydrolysis) is 1. The molecule has 1 fully saturated rings. The van der Waals surface area contributed by atoms with Gasteiger partial charge in [-0.3, -0.25) is 0 Å². The fourth-order valence-corrected chi connectivity index (χ4v) is 1.92. The molecule has 0 aromatic rings. The fraction of sp³-hybridized carbons (Fsp3) is 0.909. The SMILES string of the molecule is CN1CCCC(OC(=O)NC(C)(C)CO[N+](=O)[O-])C1. The molecule has 1 atom stereocenters. The molecule has 1 N–H and O–H groups in total. The predicted molar refractivity (Wildman–Crippen MR) is 67.2 cm³/mol. The van der Waals surface area contributed by atoms with Gasteiger partial charge < -0.3 is 19.8 Å². The molecule has 0 bridgehead atoms. The van der Waals surface area contributed by atoms with E-state index in [9.17, 15) is 14.9 Å². The minimum absolute atomic E-state index is 0.133. The number of hydrogen-bond acceptors (Lipinski definition) is 6. The number of carbonyl (C=O) groups is 1. The second-order valence-corrected chi connectivity index (χ2v) is 5.44. The topological polar surface area (TPSA) is 93.9 Å². The van der Waals surface area contributed by atoms with E-state index >= 15 is 0 Å². The van der Waals surface area contributed by atoms with Gasteiger partial charge in [0.15, 0.2) is 0 Å². The summed E-state index contributed by atoms with van der Waals surface area (Å²) >= 11 is 0. The van der Waals surface area contributed by atoms with Crippen LogP contribution in [0.25, 0.3) is 0 Å². The first-order valence-electron chi connectivity index (χ1n) is 6.23. The van der Waals surface area contributed by atoms with Gasteiger partial charge in [0.25, 0.3) is 5.09 Å². The first-order chi connectivity index (χ1) is 8.78. The van der Waals surface area contributed by atoms with Crippen LogP contribution in [0.4, 0.5) is 4.79 Å². The van der Waals surface area contributed by atoms with Crippen LogP contribution < -0.4 is 5.32 Å². The average Bonchev–Trinajstić information content (AvgIpc) is 2.25. The van der Waals surface area contributed by atoms with Crippen LogP contribution in [-0.2, 0) is 9.57 Å². The Hall–Kier alpha value is -1.57. The first-order valence-corrected chi connectivity index (χ1v) is 6.23. The van der Waals surface area contributed by atoms with Gasteiger partial charge in [-0.25, -0.2) is 4.79 Å². The predicted octanol–water partition coefficient (Wildman–Crippen LogP) is 0.794. The van der Waals surface area contributed by atoms with Gasteiger partial charge in [0.1, 0.15) is 12.7 Å². The minimum Gasteiger partial charge on any atom is -0.445 e. The minimum atomic E-state index is -0.884. The monoisotopic (exact) mass is 275 g/mol. The van der Waals surface area contributed by atoms with Crippen LogP contribution in [-0.4, -0.2) is 54.5 Å². The number of rotatable bonds is 5. The Morgan fingerprint density at radius 1 is 1.58 bits per heavy atom. The zero-order valence-corrected chi connectivity index (χ0v) is 11.5. The van der Waals surface area contributed by atoms with E-state index in [1.165, 1.54) is 0 Å². The number of piperidine rings is 1. The summed E-state index contributed by atoms with van der Waals surface area (Å²) in [7, 11) is 1.97. The van der Waals surface area contributed by atoms with Gasteiger partial charge in [-0.15, -0.1) is 10.1 Å². The van der Waals surface area contributed by atoms with E-state index in [2.05, 4.69) is 15.1 Å². The van der Waals surface area contributed by atoms with Gasteiger partial charge in [0.05, 0.1) is 5.54 Å². The standard InChI is InChI=1S/C11H21N3O5/c1-11(2,8-18-14(16)17)12-10(15)19-9-5-4-6-13(3)7-9/h9H,4-8H2,1-3H3,(H,12,15). The number of likely N-dealkylation sites (tertiary alicyclic amines) is 1. The highest BCUT2D eigenvalue weighted by molar-refractivity contribution is 5.68. The fourth-order valence-electron chi connectivity index (χ4n) is 1.92. The Labute approximate surface area is 112 Å². The second kappa shape index (κ2) is 6.55. The molecule has 19 heavy (non-hydrogen) atoms. The third kappa shape index (κ3) is 6.23. The quantitative estimate of drug-likeness (QED) is 0.589. The van der Waals surface area contributed by atoms with Crippen molar-refractivity contribution in [2.75, 3.05) is 26.7 Å². The van der Waals surface area contributed by atoms with Crippen LogP contribution in [0.1, 0.15) is 26.7 Å². The van der Waals surface area contributed by atoms with Crippen LogP contribution in [0.5, 0.6) is 0 Å². The number of ether oxygens (including phenoxy) is 1. The molecule has 0 aliphatic carbocycles. The molecule has 0 spiro atoms. The number of hydrogen-bond donors (Lipinski definition) is 1. The highest BCUT2D eigenvalue weighted by Crippen LogP contribution is 2.12. The van der Waals surface area contributed by atoms with E-state index in [0.717, 1.165) is 19.4 Å². The van der Waals surface area contributed by atoms with E-state index < -0.39 is 16.7 Å². The lowest BCUT2D eigenvalue weighted by molar-refractivity contribution is -0.759. The van der Waals surface area contributed by atoms with Crippen molar-refractivity contribution in [3.8, 4) is 0 Å². The van der Waals surface area contributed by atoms with Crippen molar-refractivity contribution in [3.63, 3.8) is 0 Å². The summed E-state index contributed by atoms with van der Waals surface area (Å²) in [4.78, 5) is 28.2. The molecule has 0 aromatic heterocycles. The van der Waals surface area contributed by atoms with E-state index in [1.54, 1.807) is 13.8 Å². The highest BCUT2D eigenvalue weighted by Gasteiger charge is 2.26. The smallest absolute Gasteiger partial charge is 0.407 e. The maximum absolute atomic E-state index is 11.7. The summed E-state index contributed by atoms with van der Waals surface area (Å²) < 4.78 is 5.29. The van der Waals surface area contributed by atoms with Crippen molar-refractivity contribution in [1.82, 2.24) is 10.2 Å². The van der Waals surface area contributed by atoms with Crippen molar-refractivity contribution in [2.45, 2.75) is 38.3 Å². The van der Waals surface area contributed by atoms with Crippen molar-refractivity contribution in [1.29, 1.82) is 0 Å². The third-order valence-electron chi connectivity index (χ3n) is 2.83. The third-order valence-corrected chi connectivity index (χ3v) is 2.83. The van der Waals surface area contributed by atoms with E-state index in [1.807, 2.05) is 7.05 Å².